The van der Waals surface area contributed by atoms with Crippen LogP contribution in [0.5, 0.6) is 0 Å². The first-order chi connectivity index (χ1) is 9.81. The first-order valence-corrected chi connectivity index (χ1v) is 9.43. The van der Waals surface area contributed by atoms with Crippen LogP contribution < -0.4 is 4.72 Å². The molecule has 2 aromatic rings. The molecule has 21 heavy (non-hydrogen) atoms. The Kier molecular flexibility index (Phi) is 4.82. The topological polar surface area (TPSA) is 83.5 Å². The standard InChI is InChI=1S/C13H15NO4S3/c1-8(2)12(10-4-3-5-19-10)14-21(17,18)11-6-9(7-20-11)13(15)16/h3-8,12,14H,1-2H3,(H,15,16). The molecule has 0 radical (unpaired) electrons. The highest BCUT2D eigenvalue weighted by molar-refractivity contribution is 7.91. The van der Waals surface area contributed by atoms with E-state index in [1.807, 2.05) is 31.4 Å². The van der Waals surface area contributed by atoms with Gasteiger partial charge in [0, 0.05) is 10.3 Å². The van der Waals surface area contributed by atoms with Crippen molar-refractivity contribution in [3.8, 4) is 0 Å². The number of hydrogen-bond acceptors (Lipinski definition) is 5. The molecule has 2 N–H and O–H groups in total. The lowest BCUT2D eigenvalue weighted by Gasteiger charge is -2.20. The summed E-state index contributed by atoms with van der Waals surface area (Å²) in [6.45, 7) is 3.87. The van der Waals surface area contributed by atoms with Crippen molar-refractivity contribution >= 4 is 38.7 Å². The minimum atomic E-state index is -3.73. The first-order valence-electron chi connectivity index (χ1n) is 6.19. The molecule has 8 heteroatoms. The van der Waals surface area contributed by atoms with Crippen molar-refractivity contribution in [1.29, 1.82) is 0 Å². The normalized spacial score (nSPS) is 13.5. The Labute approximate surface area is 131 Å². The predicted molar refractivity (Wildman–Crippen MR) is 83.5 cm³/mol. The molecule has 0 aliphatic heterocycles. The summed E-state index contributed by atoms with van der Waals surface area (Å²) < 4.78 is 27.5. The molecule has 0 aromatic carbocycles. The van der Waals surface area contributed by atoms with E-state index in [0.717, 1.165) is 16.2 Å². The van der Waals surface area contributed by atoms with Crippen molar-refractivity contribution in [3.05, 3.63) is 39.4 Å². The molecule has 0 spiro atoms. The summed E-state index contributed by atoms with van der Waals surface area (Å²) in [5.41, 5.74) is -0.0161. The molecule has 0 amide bonds. The van der Waals surface area contributed by atoms with Crippen molar-refractivity contribution in [2.24, 2.45) is 5.92 Å². The molecule has 1 atom stereocenters. The Morgan fingerprint density at radius 1 is 1.33 bits per heavy atom. The maximum absolute atomic E-state index is 12.4. The highest BCUT2D eigenvalue weighted by Crippen LogP contribution is 2.29. The summed E-state index contributed by atoms with van der Waals surface area (Å²) in [5, 5.41) is 12.1. The third-order valence-corrected chi connectivity index (χ3v) is 6.72. The van der Waals surface area contributed by atoms with E-state index >= 15 is 0 Å². The molecular formula is C13H15NO4S3. The van der Waals surface area contributed by atoms with Crippen LogP contribution in [0.4, 0.5) is 0 Å². The minimum absolute atomic E-state index is 0.0158. The lowest BCUT2D eigenvalue weighted by atomic mass is 10.0. The Hall–Kier alpha value is -1.22. The van der Waals surface area contributed by atoms with Crippen LogP contribution in [0.25, 0.3) is 0 Å². The summed E-state index contributed by atoms with van der Waals surface area (Å²) in [5.74, 6) is -1.05. The lowest BCUT2D eigenvalue weighted by Crippen LogP contribution is -2.30. The van der Waals surface area contributed by atoms with Crippen molar-refractivity contribution in [2.75, 3.05) is 0 Å². The highest BCUT2D eigenvalue weighted by Gasteiger charge is 2.26. The molecule has 114 valence electrons. The Morgan fingerprint density at radius 3 is 2.52 bits per heavy atom. The van der Waals surface area contributed by atoms with Gasteiger partial charge in [0.1, 0.15) is 4.21 Å². The van der Waals surface area contributed by atoms with Gasteiger partial charge in [-0.25, -0.2) is 17.9 Å². The molecule has 1 unspecified atom stereocenters. The molecule has 0 aliphatic rings. The van der Waals surface area contributed by atoms with Crippen molar-refractivity contribution < 1.29 is 18.3 Å². The zero-order chi connectivity index (χ0) is 15.6. The SMILES string of the molecule is CC(C)C(NS(=O)(=O)c1cc(C(=O)O)cs1)c1cccs1. The second-order valence-corrected chi connectivity index (χ2v) is 8.65. The Bertz CT molecular complexity index is 716. The van der Waals surface area contributed by atoms with E-state index in [4.69, 9.17) is 5.11 Å². The van der Waals surface area contributed by atoms with Crippen molar-refractivity contribution in [2.45, 2.75) is 24.1 Å². The van der Waals surface area contributed by atoms with Crippen LogP contribution >= 0.6 is 22.7 Å². The van der Waals surface area contributed by atoms with Gasteiger partial charge in [-0.15, -0.1) is 22.7 Å². The summed E-state index contributed by atoms with van der Waals surface area (Å²) in [4.78, 5) is 11.8. The van der Waals surface area contributed by atoms with Gasteiger partial charge in [-0.1, -0.05) is 19.9 Å². The van der Waals surface area contributed by atoms with E-state index < -0.39 is 16.0 Å². The quantitative estimate of drug-likeness (QED) is 0.842. The van der Waals surface area contributed by atoms with E-state index in [1.165, 1.54) is 22.8 Å². The molecule has 0 aliphatic carbocycles. The third kappa shape index (κ3) is 3.70. The number of carbonyl (C=O) groups is 1. The summed E-state index contributed by atoms with van der Waals surface area (Å²) in [6.07, 6.45) is 0. The largest absolute Gasteiger partial charge is 0.478 e. The maximum atomic E-state index is 12.4. The first kappa shape index (κ1) is 16.2. The number of aromatic carboxylic acids is 1. The molecule has 2 rings (SSSR count). The molecule has 2 heterocycles. The van der Waals surface area contributed by atoms with Gasteiger partial charge in [0.15, 0.2) is 0 Å². The lowest BCUT2D eigenvalue weighted by molar-refractivity contribution is 0.0697. The third-order valence-electron chi connectivity index (χ3n) is 2.89. The molecule has 0 saturated carbocycles. The van der Waals surface area contributed by atoms with Crippen LogP contribution in [0.15, 0.2) is 33.2 Å². The van der Waals surface area contributed by atoms with Crippen LogP contribution in [0.3, 0.4) is 0 Å². The van der Waals surface area contributed by atoms with E-state index in [0.29, 0.717) is 0 Å². The number of carboxylic acids is 1. The van der Waals surface area contributed by atoms with Gasteiger partial charge in [0.25, 0.3) is 10.0 Å². The summed E-state index contributed by atoms with van der Waals surface area (Å²) >= 11 is 2.40. The Balaban J connectivity index is 2.28. The van der Waals surface area contributed by atoms with Crippen LogP contribution in [-0.4, -0.2) is 19.5 Å². The van der Waals surface area contributed by atoms with Crippen LogP contribution in [0.2, 0.25) is 0 Å². The molecule has 2 aromatic heterocycles. The highest BCUT2D eigenvalue weighted by atomic mass is 32.2. The maximum Gasteiger partial charge on any atom is 0.336 e. The average Bonchev–Trinajstić information content (AvgIpc) is 3.06. The summed E-state index contributed by atoms with van der Waals surface area (Å²) in [6, 6.07) is 4.61. The fourth-order valence-corrected chi connectivity index (χ4v) is 5.34. The molecule has 5 nitrogen and oxygen atoms in total. The van der Waals surface area contributed by atoms with Crippen LogP contribution in [0.1, 0.15) is 35.1 Å². The van der Waals surface area contributed by atoms with Gasteiger partial charge in [0.05, 0.1) is 11.6 Å². The molecule has 0 saturated heterocycles. The van der Waals surface area contributed by atoms with Gasteiger partial charge in [0.2, 0.25) is 0 Å². The van der Waals surface area contributed by atoms with E-state index in [-0.39, 0.29) is 21.7 Å². The summed E-state index contributed by atoms with van der Waals surface area (Å²) in [7, 11) is -3.73. The predicted octanol–water partition coefficient (Wildman–Crippen LogP) is 3.18. The van der Waals surface area contributed by atoms with Crippen molar-refractivity contribution in [3.63, 3.8) is 0 Å². The van der Waals surface area contributed by atoms with E-state index in [2.05, 4.69) is 4.72 Å². The fraction of sp³-hybridized carbons (Fsp3) is 0.308. The Morgan fingerprint density at radius 2 is 2.05 bits per heavy atom. The average molecular weight is 345 g/mol. The number of rotatable bonds is 6. The second kappa shape index (κ2) is 6.27. The van der Waals surface area contributed by atoms with Gasteiger partial charge in [-0.2, -0.15) is 0 Å². The smallest absolute Gasteiger partial charge is 0.336 e. The number of thiophene rings is 2. The van der Waals surface area contributed by atoms with Gasteiger partial charge < -0.3 is 5.11 Å². The van der Waals surface area contributed by atoms with Crippen LogP contribution in [0, 0.1) is 5.92 Å². The van der Waals surface area contributed by atoms with Gasteiger partial charge >= 0.3 is 5.97 Å². The van der Waals surface area contributed by atoms with Gasteiger partial charge in [-0.3, -0.25) is 0 Å². The fourth-order valence-electron chi connectivity index (χ4n) is 1.79. The molecular weight excluding hydrogens is 330 g/mol. The second-order valence-electron chi connectivity index (χ2n) is 4.82. The zero-order valence-corrected chi connectivity index (χ0v) is 13.9. The van der Waals surface area contributed by atoms with Crippen molar-refractivity contribution in [1.82, 2.24) is 4.72 Å². The number of carboxylic acid groups (broad SMARTS) is 1. The van der Waals surface area contributed by atoms with Crippen LogP contribution in [-0.2, 0) is 10.0 Å². The monoisotopic (exact) mass is 345 g/mol. The molecule has 0 fully saturated rings. The zero-order valence-electron chi connectivity index (χ0n) is 11.4. The number of sulfonamides is 1. The van der Waals surface area contributed by atoms with E-state index in [9.17, 15) is 13.2 Å². The number of hydrogen-bond donors (Lipinski definition) is 2. The van der Waals surface area contributed by atoms with Gasteiger partial charge in [-0.05, 0) is 23.4 Å². The minimum Gasteiger partial charge on any atom is -0.478 e. The van der Waals surface area contributed by atoms with E-state index in [1.54, 1.807) is 0 Å². The number of nitrogens with one attached hydrogen (secondary N) is 1. The molecule has 0 bridgehead atoms.